The van der Waals surface area contributed by atoms with Crippen LogP contribution in [0, 0.1) is 0 Å². The van der Waals surface area contributed by atoms with Gasteiger partial charge in [0.1, 0.15) is 11.2 Å². The molecule has 0 spiro atoms. The van der Waals surface area contributed by atoms with Crippen LogP contribution in [0.25, 0.3) is 27.8 Å². The summed E-state index contributed by atoms with van der Waals surface area (Å²) in [6.45, 7) is 0. The molecule has 0 aliphatic heterocycles. The number of nitrogens with one attached hydrogen (secondary N) is 1. The average Bonchev–Trinajstić information content (AvgIpc) is 3.03. The van der Waals surface area contributed by atoms with Gasteiger partial charge in [0.15, 0.2) is 5.65 Å². The third kappa shape index (κ3) is 2.31. The molecule has 3 aromatic heterocycles. The summed E-state index contributed by atoms with van der Waals surface area (Å²) in [7, 11) is 0. The van der Waals surface area contributed by atoms with E-state index < -0.39 is 0 Å². The molecule has 4 rings (SSSR count). The maximum absolute atomic E-state index is 11.8. The second kappa shape index (κ2) is 5.47. The molecular formula is C16H11ClN6O. The lowest BCUT2D eigenvalue weighted by molar-refractivity contribution is 0.895. The summed E-state index contributed by atoms with van der Waals surface area (Å²) < 4.78 is 1.60. The fraction of sp³-hybridized carbons (Fsp3) is 0. The molecule has 4 aromatic rings. The van der Waals surface area contributed by atoms with E-state index >= 15 is 0 Å². The van der Waals surface area contributed by atoms with E-state index in [1.807, 2.05) is 24.3 Å². The minimum Gasteiger partial charge on any atom is -0.384 e. The molecule has 8 heteroatoms. The first-order valence-electron chi connectivity index (χ1n) is 7.07. The number of nitrogens with zero attached hydrogens (tertiary/aromatic N) is 4. The zero-order chi connectivity index (χ0) is 16.7. The largest absolute Gasteiger partial charge is 0.384 e. The first-order valence-corrected chi connectivity index (χ1v) is 7.44. The van der Waals surface area contributed by atoms with E-state index in [0.717, 1.165) is 16.8 Å². The Hall–Kier alpha value is -3.19. The van der Waals surface area contributed by atoms with Crippen molar-refractivity contribution in [2.75, 3.05) is 5.73 Å². The first-order chi connectivity index (χ1) is 11.6. The van der Waals surface area contributed by atoms with Crippen LogP contribution in [0.2, 0.25) is 5.02 Å². The molecule has 0 saturated heterocycles. The molecule has 0 saturated carbocycles. The highest BCUT2D eigenvalue weighted by Crippen LogP contribution is 2.30. The maximum atomic E-state index is 11.8. The first kappa shape index (κ1) is 14.4. The number of rotatable bonds is 2. The molecule has 7 nitrogen and oxygen atoms in total. The SMILES string of the molecule is Nc1cc(-c2cccc(-n3ncc4c(=O)[nH]cnc43)c2)c(Cl)cn1. The number of H-pyrrole nitrogens is 1. The summed E-state index contributed by atoms with van der Waals surface area (Å²) in [6.07, 6.45) is 4.36. The third-order valence-electron chi connectivity index (χ3n) is 3.65. The predicted octanol–water partition coefficient (Wildman–Crippen LogP) is 2.41. The highest BCUT2D eigenvalue weighted by Gasteiger charge is 2.11. The molecule has 0 amide bonds. The van der Waals surface area contributed by atoms with Gasteiger partial charge in [0.2, 0.25) is 0 Å². The van der Waals surface area contributed by atoms with Gasteiger partial charge >= 0.3 is 0 Å². The van der Waals surface area contributed by atoms with E-state index in [4.69, 9.17) is 17.3 Å². The van der Waals surface area contributed by atoms with Crippen molar-refractivity contribution in [2.45, 2.75) is 0 Å². The van der Waals surface area contributed by atoms with Crippen LogP contribution in [0.4, 0.5) is 5.82 Å². The number of aromatic nitrogens is 5. The smallest absolute Gasteiger partial charge is 0.261 e. The summed E-state index contributed by atoms with van der Waals surface area (Å²) in [5, 5.41) is 5.19. The Labute approximate surface area is 140 Å². The number of pyridine rings is 1. The van der Waals surface area contributed by atoms with Gasteiger partial charge in [0.25, 0.3) is 5.56 Å². The van der Waals surface area contributed by atoms with Gasteiger partial charge in [0, 0.05) is 11.8 Å². The summed E-state index contributed by atoms with van der Waals surface area (Å²) in [5.41, 5.74) is 8.40. The quantitative estimate of drug-likeness (QED) is 0.584. The normalized spacial score (nSPS) is 11.0. The standard InChI is InChI=1S/C16H11ClN6O/c17-13-7-19-14(18)5-11(13)9-2-1-3-10(4-9)23-15-12(6-22-23)16(24)21-8-20-15/h1-8H,(H2,18,19)(H,20,21,24). The van der Waals surface area contributed by atoms with Gasteiger partial charge in [-0.3, -0.25) is 4.79 Å². The Morgan fingerprint density at radius 2 is 2.04 bits per heavy atom. The molecule has 0 bridgehead atoms. The summed E-state index contributed by atoms with van der Waals surface area (Å²) in [5.74, 6) is 0.387. The molecule has 118 valence electrons. The number of fused-ring (bicyclic) bond motifs is 1. The van der Waals surface area contributed by atoms with Crippen molar-refractivity contribution in [1.29, 1.82) is 0 Å². The molecular weight excluding hydrogens is 328 g/mol. The number of hydrogen-bond acceptors (Lipinski definition) is 5. The van der Waals surface area contributed by atoms with E-state index in [-0.39, 0.29) is 5.56 Å². The van der Waals surface area contributed by atoms with Crippen molar-refractivity contribution in [3.05, 3.63) is 64.4 Å². The average molecular weight is 339 g/mol. The lowest BCUT2D eigenvalue weighted by atomic mass is 10.1. The maximum Gasteiger partial charge on any atom is 0.261 e. The number of nitrogens with two attached hydrogens (primary N) is 1. The summed E-state index contributed by atoms with van der Waals surface area (Å²) in [4.78, 5) is 22.5. The zero-order valence-electron chi connectivity index (χ0n) is 12.3. The topological polar surface area (TPSA) is 102 Å². The molecule has 0 aliphatic carbocycles. The van der Waals surface area contributed by atoms with Gasteiger partial charge in [-0.05, 0) is 23.8 Å². The lowest BCUT2D eigenvalue weighted by Crippen LogP contribution is -2.06. The van der Waals surface area contributed by atoms with Crippen molar-refractivity contribution in [2.24, 2.45) is 0 Å². The van der Waals surface area contributed by atoms with Crippen LogP contribution in [0.3, 0.4) is 0 Å². The van der Waals surface area contributed by atoms with E-state index in [0.29, 0.717) is 21.9 Å². The van der Waals surface area contributed by atoms with Crippen LogP contribution in [-0.4, -0.2) is 24.7 Å². The highest BCUT2D eigenvalue weighted by atomic mass is 35.5. The number of hydrogen-bond donors (Lipinski definition) is 2. The molecule has 0 radical (unpaired) electrons. The molecule has 0 aliphatic rings. The van der Waals surface area contributed by atoms with Crippen LogP contribution >= 0.6 is 11.6 Å². The Morgan fingerprint density at radius 3 is 2.92 bits per heavy atom. The second-order valence-electron chi connectivity index (χ2n) is 5.16. The van der Waals surface area contributed by atoms with Gasteiger partial charge in [0.05, 0.1) is 23.2 Å². The molecule has 0 fully saturated rings. The van der Waals surface area contributed by atoms with Crippen LogP contribution in [0.15, 0.2) is 53.8 Å². The summed E-state index contributed by atoms with van der Waals surface area (Å²) >= 11 is 6.23. The molecule has 3 heterocycles. The third-order valence-corrected chi connectivity index (χ3v) is 3.95. The van der Waals surface area contributed by atoms with E-state index in [1.165, 1.54) is 18.7 Å². The number of halogens is 1. The van der Waals surface area contributed by atoms with Gasteiger partial charge in [-0.2, -0.15) is 5.10 Å². The Bertz CT molecular complexity index is 1120. The van der Waals surface area contributed by atoms with Gasteiger partial charge in [-0.25, -0.2) is 14.6 Å². The van der Waals surface area contributed by atoms with E-state index in [9.17, 15) is 4.79 Å². The minimum absolute atomic E-state index is 0.229. The number of benzene rings is 1. The van der Waals surface area contributed by atoms with Crippen molar-refractivity contribution in [3.8, 4) is 16.8 Å². The van der Waals surface area contributed by atoms with E-state index in [1.54, 1.807) is 10.7 Å². The molecule has 24 heavy (non-hydrogen) atoms. The van der Waals surface area contributed by atoms with Crippen LogP contribution < -0.4 is 11.3 Å². The second-order valence-corrected chi connectivity index (χ2v) is 5.57. The summed E-state index contributed by atoms with van der Waals surface area (Å²) in [6, 6.07) is 9.27. The number of anilines is 1. The lowest BCUT2D eigenvalue weighted by Gasteiger charge is -2.08. The minimum atomic E-state index is -0.229. The van der Waals surface area contributed by atoms with Crippen LogP contribution in [-0.2, 0) is 0 Å². The number of nitrogen functional groups attached to an aromatic ring is 1. The highest BCUT2D eigenvalue weighted by molar-refractivity contribution is 6.33. The molecule has 0 atom stereocenters. The molecule has 0 unspecified atom stereocenters. The fourth-order valence-electron chi connectivity index (χ4n) is 2.53. The van der Waals surface area contributed by atoms with E-state index in [2.05, 4.69) is 20.1 Å². The van der Waals surface area contributed by atoms with Gasteiger partial charge in [-0.1, -0.05) is 23.7 Å². The molecule has 1 aromatic carbocycles. The predicted molar refractivity (Wildman–Crippen MR) is 92.1 cm³/mol. The Kier molecular flexibility index (Phi) is 3.28. The van der Waals surface area contributed by atoms with Crippen LogP contribution in [0.1, 0.15) is 0 Å². The number of aromatic amines is 1. The van der Waals surface area contributed by atoms with Gasteiger partial charge < -0.3 is 10.7 Å². The molecule has 3 N–H and O–H groups in total. The van der Waals surface area contributed by atoms with Crippen molar-refractivity contribution < 1.29 is 0 Å². The Balaban J connectivity index is 1.90. The fourth-order valence-corrected chi connectivity index (χ4v) is 2.74. The van der Waals surface area contributed by atoms with Crippen molar-refractivity contribution in [1.82, 2.24) is 24.7 Å². The van der Waals surface area contributed by atoms with Crippen molar-refractivity contribution in [3.63, 3.8) is 0 Å². The van der Waals surface area contributed by atoms with Crippen molar-refractivity contribution >= 4 is 28.5 Å². The monoisotopic (exact) mass is 338 g/mol. The zero-order valence-corrected chi connectivity index (χ0v) is 13.0. The van der Waals surface area contributed by atoms with Gasteiger partial charge in [-0.15, -0.1) is 0 Å². The van der Waals surface area contributed by atoms with Crippen LogP contribution in [0.5, 0.6) is 0 Å². The Morgan fingerprint density at radius 1 is 1.17 bits per heavy atom.